The van der Waals surface area contributed by atoms with Crippen LogP contribution >= 0.6 is 11.3 Å². The zero-order chi connectivity index (χ0) is 13.9. The Labute approximate surface area is 118 Å². The highest BCUT2D eigenvalue weighted by molar-refractivity contribution is 7.13. The molecule has 100 valence electrons. The van der Waals surface area contributed by atoms with Crippen molar-refractivity contribution in [2.24, 2.45) is 0 Å². The van der Waals surface area contributed by atoms with E-state index in [0.29, 0.717) is 6.61 Å². The molecule has 0 aliphatic carbocycles. The minimum atomic E-state index is 0.0556. The summed E-state index contributed by atoms with van der Waals surface area (Å²) in [5.41, 5.74) is 1.25. The second-order valence-electron chi connectivity index (χ2n) is 5.46. The van der Waals surface area contributed by atoms with Gasteiger partial charge >= 0.3 is 0 Å². The number of hydrogen-bond acceptors (Lipinski definition) is 3. The molecule has 0 amide bonds. The van der Waals surface area contributed by atoms with Gasteiger partial charge in [0.15, 0.2) is 6.29 Å². The maximum absolute atomic E-state index is 10.6. The number of thiophene rings is 1. The molecular formula is C16H18O2S. The Morgan fingerprint density at radius 2 is 1.89 bits per heavy atom. The van der Waals surface area contributed by atoms with Gasteiger partial charge in [0, 0.05) is 4.88 Å². The van der Waals surface area contributed by atoms with E-state index in [4.69, 9.17) is 4.74 Å². The molecule has 0 unspecified atom stereocenters. The highest BCUT2D eigenvalue weighted by atomic mass is 32.1. The predicted octanol–water partition coefficient (Wildman–Crippen LogP) is 4.44. The molecule has 0 bridgehead atoms. The molecule has 3 heteroatoms. The summed E-state index contributed by atoms with van der Waals surface area (Å²) in [5.74, 6) is 0.913. The van der Waals surface area contributed by atoms with E-state index in [-0.39, 0.29) is 5.41 Å². The molecule has 0 saturated heterocycles. The van der Waals surface area contributed by atoms with Crippen molar-refractivity contribution in [3.05, 3.63) is 51.7 Å². The lowest BCUT2D eigenvalue weighted by Crippen LogP contribution is -2.13. The molecule has 0 aliphatic rings. The van der Waals surface area contributed by atoms with Crippen molar-refractivity contribution in [1.82, 2.24) is 0 Å². The summed E-state index contributed by atoms with van der Waals surface area (Å²) in [4.78, 5) is 12.4. The highest BCUT2D eigenvalue weighted by Crippen LogP contribution is 2.31. The first-order valence-corrected chi connectivity index (χ1v) is 7.08. The summed E-state index contributed by atoms with van der Waals surface area (Å²) >= 11 is 1.47. The van der Waals surface area contributed by atoms with E-state index in [1.807, 2.05) is 30.3 Å². The predicted molar refractivity (Wildman–Crippen MR) is 79.2 cm³/mol. The minimum Gasteiger partial charge on any atom is -0.488 e. The van der Waals surface area contributed by atoms with Gasteiger partial charge in [0.1, 0.15) is 12.4 Å². The Hall–Kier alpha value is -1.61. The van der Waals surface area contributed by atoms with Gasteiger partial charge in [0.05, 0.1) is 4.88 Å². The summed E-state index contributed by atoms with van der Waals surface area (Å²) < 4.78 is 5.90. The molecule has 0 N–H and O–H groups in total. The summed E-state index contributed by atoms with van der Waals surface area (Å²) in [6.45, 7) is 7.02. The maximum atomic E-state index is 10.6. The Morgan fingerprint density at radius 3 is 2.53 bits per heavy atom. The first-order chi connectivity index (χ1) is 9.00. The molecule has 0 spiro atoms. The molecule has 1 heterocycles. The van der Waals surface area contributed by atoms with Gasteiger partial charge in [-0.1, -0.05) is 39.0 Å². The number of carbonyl (C=O) groups is 1. The quantitative estimate of drug-likeness (QED) is 0.771. The summed E-state index contributed by atoms with van der Waals surface area (Å²) in [6, 6.07) is 11.9. The molecule has 2 nitrogen and oxygen atoms in total. The SMILES string of the molecule is CC(C)(C)c1ccccc1OCc1ccc(C=O)s1. The van der Waals surface area contributed by atoms with Crippen molar-refractivity contribution in [3.8, 4) is 5.75 Å². The Bertz CT molecular complexity index is 564. The standard InChI is InChI=1S/C16H18O2S/c1-16(2,3)14-6-4-5-7-15(14)18-11-13-9-8-12(10-17)19-13/h4-10H,11H2,1-3H3. The van der Waals surface area contributed by atoms with Crippen LogP contribution < -0.4 is 4.74 Å². The van der Waals surface area contributed by atoms with Crippen molar-refractivity contribution in [2.75, 3.05) is 0 Å². The second-order valence-corrected chi connectivity index (χ2v) is 6.66. The third-order valence-electron chi connectivity index (χ3n) is 2.86. The Balaban J connectivity index is 2.13. The summed E-state index contributed by atoms with van der Waals surface area (Å²) in [5, 5.41) is 0. The minimum absolute atomic E-state index is 0.0556. The van der Waals surface area contributed by atoms with Gasteiger partial charge in [0.25, 0.3) is 0 Å². The van der Waals surface area contributed by atoms with Gasteiger partial charge in [-0.15, -0.1) is 11.3 Å². The van der Waals surface area contributed by atoms with Gasteiger partial charge in [-0.2, -0.15) is 0 Å². The van der Waals surface area contributed by atoms with Crippen LogP contribution in [-0.2, 0) is 12.0 Å². The molecule has 0 fully saturated rings. The molecule has 1 aromatic heterocycles. The molecule has 0 atom stereocenters. The number of hydrogen-bond donors (Lipinski definition) is 0. The van der Waals surface area contributed by atoms with Crippen molar-refractivity contribution < 1.29 is 9.53 Å². The van der Waals surface area contributed by atoms with Crippen LogP contribution in [0.3, 0.4) is 0 Å². The zero-order valence-electron chi connectivity index (χ0n) is 11.5. The fraction of sp³-hybridized carbons (Fsp3) is 0.312. The number of rotatable bonds is 4. The summed E-state index contributed by atoms with van der Waals surface area (Å²) in [6.07, 6.45) is 0.872. The van der Waals surface area contributed by atoms with E-state index in [1.165, 1.54) is 16.9 Å². The van der Waals surface area contributed by atoms with Crippen LogP contribution in [0.1, 0.15) is 40.9 Å². The van der Waals surface area contributed by atoms with Gasteiger partial charge < -0.3 is 4.74 Å². The van der Waals surface area contributed by atoms with Crippen LogP contribution in [0, 0.1) is 0 Å². The highest BCUT2D eigenvalue weighted by Gasteiger charge is 2.18. The monoisotopic (exact) mass is 274 g/mol. The topological polar surface area (TPSA) is 26.3 Å². The Kier molecular flexibility index (Phi) is 4.05. The van der Waals surface area contributed by atoms with Gasteiger partial charge in [-0.3, -0.25) is 4.79 Å². The smallest absolute Gasteiger partial charge is 0.160 e. The van der Waals surface area contributed by atoms with Crippen molar-refractivity contribution >= 4 is 17.6 Å². The lowest BCUT2D eigenvalue weighted by molar-refractivity contribution is 0.112. The average Bonchev–Trinajstić information content (AvgIpc) is 2.83. The van der Waals surface area contributed by atoms with Crippen molar-refractivity contribution in [2.45, 2.75) is 32.8 Å². The van der Waals surface area contributed by atoms with Gasteiger partial charge in [0.2, 0.25) is 0 Å². The molecule has 1 aromatic carbocycles. The van der Waals surface area contributed by atoms with Crippen molar-refractivity contribution in [3.63, 3.8) is 0 Å². The van der Waals surface area contributed by atoms with Crippen LogP contribution in [0.2, 0.25) is 0 Å². The van der Waals surface area contributed by atoms with E-state index in [0.717, 1.165) is 21.8 Å². The number of benzene rings is 1. The van der Waals surface area contributed by atoms with Crippen LogP contribution in [0.25, 0.3) is 0 Å². The molecular weight excluding hydrogens is 256 g/mol. The largest absolute Gasteiger partial charge is 0.488 e. The molecule has 0 radical (unpaired) electrons. The molecule has 0 saturated carbocycles. The number of ether oxygens (including phenoxy) is 1. The van der Waals surface area contributed by atoms with E-state index < -0.39 is 0 Å². The third-order valence-corrected chi connectivity index (χ3v) is 3.85. The number of carbonyl (C=O) groups excluding carboxylic acids is 1. The number of para-hydroxylation sites is 1. The van der Waals surface area contributed by atoms with E-state index in [2.05, 4.69) is 26.8 Å². The lowest BCUT2D eigenvalue weighted by Gasteiger charge is -2.22. The first-order valence-electron chi connectivity index (χ1n) is 6.27. The van der Waals surface area contributed by atoms with Crippen LogP contribution in [0.5, 0.6) is 5.75 Å². The fourth-order valence-corrected chi connectivity index (χ4v) is 2.64. The molecule has 2 aromatic rings. The Morgan fingerprint density at radius 1 is 1.16 bits per heavy atom. The van der Waals surface area contributed by atoms with Crippen LogP contribution in [0.4, 0.5) is 0 Å². The molecule has 0 aliphatic heterocycles. The van der Waals surface area contributed by atoms with E-state index >= 15 is 0 Å². The zero-order valence-corrected chi connectivity index (χ0v) is 12.3. The fourth-order valence-electron chi connectivity index (χ4n) is 1.90. The summed E-state index contributed by atoms with van der Waals surface area (Å²) in [7, 11) is 0. The normalized spacial score (nSPS) is 11.3. The lowest BCUT2D eigenvalue weighted by atomic mass is 9.86. The molecule has 2 rings (SSSR count). The first kappa shape index (κ1) is 13.8. The average molecular weight is 274 g/mol. The van der Waals surface area contributed by atoms with Gasteiger partial charge in [-0.05, 0) is 29.2 Å². The van der Waals surface area contributed by atoms with E-state index in [9.17, 15) is 4.79 Å². The van der Waals surface area contributed by atoms with Crippen molar-refractivity contribution in [1.29, 1.82) is 0 Å². The van der Waals surface area contributed by atoms with E-state index in [1.54, 1.807) is 0 Å². The second kappa shape index (κ2) is 5.57. The third kappa shape index (κ3) is 3.44. The molecule has 19 heavy (non-hydrogen) atoms. The maximum Gasteiger partial charge on any atom is 0.160 e. The van der Waals surface area contributed by atoms with Gasteiger partial charge in [-0.25, -0.2) is 0 Å². The van der Waals surface area contributed by atoms with Crippen LogP contribution in [0.15, 0.2) is 36.4 Å². The van der Waals surface area contributed by atoms with Crippen LogP contribution in [-0.4, -0.2) is 6.29 Å². The number of aldehydes is 1.